The van der Waals surface area contributed by atoms with Gasteiger partial charge in [0.15, 0.2) is 23.1 Å². The SMILES string of the molecule is COc1ccc2c(sc3c(F)c(O)ccc32)c1F. The van der Waals surface area contributed by atoms with E-state index in [1.165, 1.54) is 19.2 Å². The molecule has 18 heavy (non-hydrogen) atoms. The predicted octanol–water partition coefficient (Wildman–Crippen LogP) is 4.05. The van der Waals surface area contributed by atoms with E-state index in [4.69, 9.17) is 4.74 Å². The number of rotatable bonds is 1. The molecule has 0 aliphatic heterocycles. The van der Waals surface area contributed by atoms with E-state index in [1.807, 2.05) is 0 Å². The maximum atomic E-state index is 14.0. The Labute approximate surface area is 105 Å². The van der Waals surface area contributed by atoms with E-state index in [-0.39, 0.29) is 10.4 Å². The van der Waals surface area contributed by atoms with Crippen molar-refractivity contribution in [3.05, 3.63) is 35.9 Å². The monoisotopic (exact) mass is 266 g/mol. The van der Waals surface area contributed by atoms with E-state index in [0.29, 0.717) is 15.5 Å². The van der Waals surface area contributed by atoms with Crippen molar-refractivity contribution in [2.24, 2.45) is 0 Å². The molecule has 92 valence electrons. The van der Waals surface area contributed by atoms with Gasteiger partial charge in [0.2, 0.25) is 0 Å². The van der Waals surface area contributed by atoms with Crippen LogP contribution in [0.5, 0.6) is 11.5 Å². The van der Waals surface area contributed by atoms with Gasteiger partial charge in [-0.25, -0.2) is 8.78 Å². The second-order valence-corrected chi connectivity index (χ2v) is 4.86. The van der Waals surface area contributed by atoms with Crippen molar-refractivity contribution in [2.75, 3.05) is 7.11 Å². The molecule has 0 unspecified atom stereocenters. The van der Waals surface area contributed by atoms with Crippen LogP contribution in [-0.4, -0.2) is 12.2 Å². The third-order valence-electron chi connectivity index (χ3n) is 2.85. The van der Waals surface area contributed by atoms with Gasteiger partial charge in [0.1, 0.15) is 0 Å². The first-order valence-electron chi connectivity index (χ1n) is 5.19. The first-order valence-corrected chi connectivity index (χ1v) is 6.01. The number of hydrogen-bond donors (Lipinski definition) is 1. The number of halogens is 2. The number of benzene rings is 2. The molecule has 0 atom stereocenters. The maximum absolute atomic E-state index is 14.0. The smallest absolute Gasteiger partial charge is 0.182 e. The van der Waals surface area contributed by atoms with E-state index < -0.39 is 17.4 Å². The number of phenolic OH excluding ortho intramolecular Hbond substituents is 1. The highest BCUT2D eigenvalue weighted by Gasteiger charge is 2.16. The summed E-state index contributed by atoms with van der Waals surface area (Å²) in [5.41, 5.74) is 0. The van der Waals surface area contributed by atoms with Crippen LogP contribution < -0.4 is 4.74 Å². The van der Waals surface area contributed by atoms with Crippen molar-refractivity contribution >= 4 is 31.5 Å². The van der Waals surface area contributed by atoms with Crippen LogP contribution in [0, 0.1) is 11.6 Å². The summed E-state index contributed by atoms with van der Waals surface area (Å²) in [6, 6.07) is 6.05. The van der Waals surface area contributed by atoms with Crippen LogP contribution in [-0.2, 0) is 0 Å². The highest BCUT2D eigenvalue weighted by atomic mass is 32.1. The summed E-state index contributed by atoms with van der Waals surface area (Å²) in [5.74, 6) is -1.53. The standard InChI is InChI=1S/C13H8F2O2S/c1-17-9-5-3-7-6-2-4-8(16)10(14)12(6)18-13(7)11(9)15/h2-5,16H,1H3. The third kappa shape index (κ3) is 1.37. The molecule has 0 fully saturated rings. The van der Waals surface area contributed by atoms with Crippen LogP contribution in [0.2, 0.25) is 0 Å². The Morgan fingerprint density at radius 2 is 1.61 bits per heavy atom. The Bertz CT molecular complexity index is 765. The van der Waals surface area contributed by atoms with Gasteiger partial charge in [-0.15, -0.1) is 11.3 Å². The number of hydrogen-bond acceptors (Lipinski definition) is 3. The number of methoxy groups -OCH3 is 1. The Kier molecular flexibility index (Phi) is 2.38. The zero-order valence-corrected chi connectivity index (χ0v) is 10.1. The van der Waals surface area contributed by atoms with Crippen molar-refractivity contribution in [3.63, 3.8) is 0 Å². The Hall–Kier alpha value is -1.88. The largest absolute Gasteiger partial charge is 0.505 e. The summed E-state index contributed by atoms with van der Waals surface area (Å²) >= 11 is 0.969. The molecule has 0 radical (unpaired) electrons. The summed E-state index contributed by atoms with van der Waals surface area (Å²) in [5, 5.41) is 10.5. The van der Waals surface area contributed by atoms with Crippen molar-refractivity contribution in [1.82, 2.24) is 0 Å². The Balaban J connectivity index is 2.50. The number of ether oxygens (including phenoxy) is 1. The van der Waals surface area contributed by atoms with Crippen molar-refractivity contribution in [2.45, 2.75) is 0 Å². The minimum Gasteiger partial charge on any atom is -0.505 e. The summed E-state index contributed by atoms with van der Waals surface area (Å²) in [7, 11) is 1.38. The lowest BCUT2D eigenvalue weighted by atomic mass is 10.1. The molecule has 1 N–H and O–H groups in total. The molecule has 0 bridgehead atoms. The van der Waals surface area contributed by atoms with E-state index in [9.17, 15) is 13.9 Å². The number of phenols is 1. The molecule has 3 rings (SSSR count). The maximum Gasteiger partial charge on any atom is 0.182 e. The van der Waals surface area contributed by atoms with Crippen LogP contribution in [0.15, 0.2) is 24.3 Å². The zero-order valence-electron chi connectivity index (χ0n) is 9.33. The predicted molar refractivity (Wildman–Crippen MR) is 67.5 cm³/mol. The normalized spacial score (nSPS) is 11.3. The highest BCUT2D eigenvalue weighted by molar-refractivity contribution is 7.25. The number of thiophene rings is 1. The van der Waals surface area contributed by atoms with Gasteiger partial charge in [-0.05, 0) is 24.3 Å². The van der Waals surface area contributed by atoms with Gasteiger partial charge in [0.05, 0.1) is 16.5 Å². The molecule has 2 aromatic carbocycles. The lowest BCUT2D eigenvalue weighted by Gasteiger charge is -2.01. The lowest BCUT2D eigenvalue weighted by molar-refractivity contribution is 0.389. The van der Waals surface area contributed by atoms with Crippen LogP contribution >= 0.6 is 11.3 Å². The Morgan fingerprint density at radius 3 is 2.28 bits per heavy atom. The fraction of sp³-hybridized carbons (Fsp3) is 0.0769. The van der Waals surface area contributed by atoms with Gasteiger partial charge in [0.25, 0.3) is 0 Å². The summed E-state index contributed by atoms with van der Waals surface area (Å²) in [6.07, 6.45) is 0. The quantitative estimate of drug-likeness (QED) is 0.720. The van der Waals surface area contributed by atoms with Crippen LogP contribution in [0.3, 0.4) is 0 Å². The van der Waals surface area contributed by atoms with Gasteiger partial charge >= 0.3 is 0 Å². The zero-order chi connectivity index (χ0) is 12.9. The topological polar surface area (TPSA) is 29.5 Å². The molecule has 2 nitrogen and oxygen atoms in total. The second kappa shape index (κ2) is 3.81. The summed E-state index contributed by atoms with van der Waals surface area (Å²) < 4.78 is 33.3. The molecule has 5 heteroatoms. The van der Waals surface area contributed by atoms with Gasteiger partial charge in [-0.2, -0.15) is 0 Å². The van der Waals surface area contributed by atoms with Crippen molar-refractivity contribution in [1.29, 1.82) is 0 Å². The molecular formula is C13H8F2O2S. The minimum atomic E-state index is -0.716. The molecule has 0 saturated carbocycles. The highest BCUT2D eigenvalue weighted by Crippen LogP contribution is 2.41. The molecule has 0 aliphatic carbocycles. The first-order chi connectivity index (χ1) is 8.63. The van der Waals surface area contributed by atoms with Crippen LogP contribution in [0.1, 0.15) is 0 Å². The fourth-order valence-corrected chi connectivity index (χ4v) is 3.13. The molecule has 1 aromatic heterocycles. The lowest BCUT2D eigenvalue weighted by Crippen LogP contribution is -1.86. The Morgan fingerprint density at radius 1 is 1.00 bits per heavy atom. The minimum absolute atomic E-state index is 0.124. The van der Waals surface area contributed by atoms with E-state index in [1.54, 1.807) is 12.1 Å². The first kappa shape index (κ1) is 11.2. The summed E-state index contributed by atoms with van der Waals surface area (Å²) in [4.78, 5) is 0. The average Bonchev–Trinajstić information content (AvgIpc) is 2.75. The number of aromatic hydroxyl groups is 1. The van der Waals surface area contributed by atoms with E-state index >= 15 is 0 Å². The fourth-order valence-electron chi connectivity index (χ4n) is 1.97. The van der Waals surface area contributed by atoms with E-state index in [0.717, 1.165) is 11.3 Å². The van der Waals surface area contributed by atoms with Crippen LogP contribution in [0.4, 0.5) is 8.78 Å². The third-order valence-corrected chi connectivity index (χ3v) is 4.06. The molecule has 0 saturated heterocycles. The van der Waals surface area contributed by atoms with Crippen molar-refractivity contribution in [3.8, 4) is 11.5 Å². The average molecular weight is 266 g/mol. The molecule has 0 amide bonds. The van der Waals surface area contributed by atoms with Gasteiger partial charge in [-0.3, -0.25) is 0 Å². The molecule has 0 aliphatic rings. The van der Waals surface area contributed by atoms with Crippen LogP contribution in [0.25, 0.3) is 20.2 Å². The molecular weight excluding hydrogens is 258 g/mol. The van der Waals surface area contributed by atoms with Gasteiger partial charge < -0.3 is 9.84 Å². The molecule has 3 aromatic rings. The second-order valence-electron chi connectivity index (χ2n) is 3.84. The molecule has 0 spiro atoms. The summed E-state index contributed by atoms with van der Waals surface area (Å²) in [6.45, 7) is 0. The van der Waals surface area contributed by atoms with E-state index in [2.05, 4.69) is 0 Å². The number of fused-ring (bicyclic) bond motifs is 3. The van der Waals surface area contributed by atoms with Gasteiger partial charge in [0, 0.05) is 10.8 Å². The van der Waals surface area contributed by atoms with Gasteiger partial charge in [-0.1, -0.05) is 0 Å². The van der Waals surface area contributed by atoms with Crippen molar-refractivity contribution < 1.29 is 18.6 Å². The molecule has 1 heterocycles.